The van der Waals surface area contributed by atoms with Crippen LogP contribution in [0.5, 0.6) is 0 Å². The van der Waals surface area contributed by atoms with Gasteiger partial charge in [-0.05, 0) is 31.2 Å². The summed E-state index contributed by atoms with van der Waals surface area (Å²) in [4.78, 5) is 43.3. The van der Waals surface area contributed by atoms with Crippen molar-refractivity contribution in [3.63, 3.8) is 0 Å². The van der Waals surface area contributed by atoms with E-state index in [0.29, 0.717) is 36.2 Å². The lowest BCUT2D eigenvalue weighted by atomic mass is 10.1. The molecule has 11 heteroatoms. The van der Waals surface area contributed by atoms with Crippen molar-refractivity contribution < 1.29 is 14.4 Å². The minimum atomic E-state index is -0.756. The number of alkyl halides is 2. The van der Waals surface area contributed by atoms with Crippen LogP contribution in [0.15, 0.2) is 18.5 Å². The molecule has 0 unspecified atom stereocenters. The van der Waals surface area contributed by atoms with E-state index in [-0.39, 0.29) is 36.0 Å². The minimum absolute atomic E-state index is 0.0417. The maximum absolute atomic E-state index is 13.1. The van der Waals surface area contributed by atoms with Gasteiger partial charge in [0.25, 0.3) is 5.91 Å². The number of amides is 3. The summed E-state index contributed by atoms with van der Waals surface area (Å²) >= 11 is 12.0. The monoisotopic (exact) mass is 450 g/mol. The highest BCUT2D eigenvalue weighted by molar-refractivity contribution is 6.50. The summed E-state index contributed by atoms with van der Waals surface area (Å²) in [7, 11) is 0. The van der Waals surface area contributed by atoms with Gasteiger partial charge in [0.05, 0.1) is 11.7 Å². The van der Waals surface area contributed by atoms with E-state index in [0.717, 1.165) is 6.42 Å². The molecule has 3 heterocycles. The third-order valence-corrected chi connectivity index (χ3v) is 7.17. The molecule has 3 aliphatic rings. The molecule has 3 amide bonds. The zero-order valence-corrected chi connectivity index (χ0v) is 17.4. The number of aromatic nitrogens is 3. The van der Waals surface area contributed by atoms with Gasteiger partial charge >= 0.3 is 0 Å². The summed E-state index contributed by atoms with van der Waals surface area (Å²) in [6, 6.07) is 1.19. The number of carbonyl (C=O) groups excluding carboxylic acids is 3. The van der Waals surface area contributed by atoms with Crippen LogP contribution in [0, 0.1) is 11.8 Å². The smallest absolute Gasteiger partial charge is 0.269 e. The van der Waals surface area contributed by atoms with Crippen LogP contribution in [0.25, 0.3) is 10.9 Å². The lowest BCUT2D eigenvalue weighted by molar-refractivity contribution is -0.140. The lowest BCUT2D eigenvalue weighted by Crippen LogP contribution is -2.49. The van der Waals surface area contributed by atoms with Crippen LogP contribution in [-0.4, -0.2) is 60.3 Å². The van der Waals surface area contributed by atoms with Crippen molar-refractivity contribution in [2.75, 3.05) is 6.54 Å². The molecule has 1 saturated heterocycles. The quantitative estimate of drug-likeness (QED) is 0.630. The fourth-order valence-electron chi connectivity index (χ4n) is 4.41. The molecule has 9 nitrogen and oxygen atoms in total. The van der Waals surface area contributed by atoms with E-state index in [1.165, 1.54) is 17.1 Å². The zero-order chi connectivity index (χ0) is 21.2. The van der Waals surface area contributed by atoms with Crippen molar-refractivity contribution in [1.29, 1.82) is 0 Å². The molecule has 1 aliphatic heterocycles. The molecular weight excluding hydrogens is 431 g/mol. The summed E-state index contributed by atoms with van der Waals surface area (Å²) in [5.41, 5.74) is 6.05. The van der Waals surface area contributed by atoms with Crippen molar-refractivity contribution in [1.82, 2.24) is 25.0 Å². The van der Waals surface area contributed by atoms with E-state index < -0.39 is 16.3 Å². The number of piperidine rings is 1. The number of halogens is 2. The highest BCUT2D eigenvalue weighted by atomic mass is 35.5. The SMILES string of the molecule is NC(=O)c1nn(CC(=O)N2[C@@H]3C[C@@H]3C[C@H]2C(=O)NC[C@@H]2CC2(Cl)Cl)c2cnccc12. The van der Waals surface area contributed by atoms with Gasteiger partial charge in [0.2, 0.25) is 11.8 Å². The molecule has 2 aromatic rings. The van der Waals surface area contributed by atoms with Crippen LogP contribution in [0.2, 0.25) is 0 Å². The maximum atomic E-state index is 13.1. The maximum Gasteiger partial charge on any atom is 0.269 e. The summed E-state index contributed by atoms with van der Waals surface area (Å²) < 4.78 is 0.670. The highest BCUT2D eigenvalue weighted by Gasteiger charge is 2.56. The number of pyridine rings is 1. The molecule has 2 aromatic heterocycles. The summed E-state index contributed by atoms with van der Waals surface area (Å²) in [6.45, 7) is 0.300. The van der Waals surface area contributed by atoms with Gasteiger partial charge in [-0.2, -0.15) is 5.10 Å². The Morgan fingerprint density at radius 1 is 1.30 bits per heavy atom. The Bertz CT molecular complexity index is 1070. The first-order chi connectivity index (χ1) is 14.3. The van der Waals surface area contributed by atoms with Gasteiger partial charge in [-0.25, -0.2) is 0 Å². The number of hydrogen-bond donors (Lipinski definition) is 2. The first kappa shape index (κ1) is 19.6. The van der Waals surface area contributed by atoms with E-state index in [9.17, 15) is 14.4 Å². The van der Waals surface area contributed by atoms with Gasteiger partial charge in [0, 0.05) is 30.1 Å². The minimum Gasteiger partial charge on any atom is -0.364 e. The van der Waals surface area contributed by atoms with Crippen LogP contribution in [-0.2, 0) is 16.1 Å². The first-order valence-corrected chi connectivity index (χ1v) is 10.6. The molecule has 0 bridgehead atoms. The fraction of sp³-hybridized carbons (Fsp3) is 0.526. The number of likely N-dealkylation sites (tertiary alicyclic amines) is 1. The second kappa shape index (κ2) is 6.81. The van der Waals surface area contributed by atoms with E-state index in [4.69, 9.17) is 28.9 Å². The number of nitrogens with zero attached hydrogens (tertiary/aromatic N) is 4. The third kappa shape index (κ3) is 3.30. The van der Waals surface area contributed by atoms with Crippen molar-refractivity contribution in [3.8, 4) is 0 Å². The second-order valence-electron chi connectivity index (χ2n) is 8.29. The van der Waals surface area contributed by atoms with Crippen LogP contribution in [0.4, 0.5) is 0 Å². The van der Waals surface area contributed by atoms with Gasteiger partial charge < -0.3 is 16.0 Å². The standard InChI is InChI=1S/C19H20Cl2N6O3/c20-19(21)5-10(19)6-24-18(30)13-4-9-3-12(9)27(13)15(28)8-26-14-7-23-2-1-11(14)16(25-26)17(22)29/h1-2,7,9-10,12-13H,3-6,8H2,(H2,22,29)(H,24,30)/t9-,10+,12-,13+/m1/s1. The lowest BCUT2D eigenvalue weighted by Gasteiger charge is -2.27. The van der Waals surface area contributed by atoms with Gasteiger partial charge in [-0.15, -0.1) is 23.2 Å². The van der Waals surface area contributed by atoms with Gasteiger partial charge in [-0.3, -0.25) is 24.0 Å². The Balaban J connectivity index is 1.32. The van der Waals surface area contributed by atoms with E-state index in [1.807, 2.05) is 0 Å². The molecular formula is C19H20Cl2N6O3. The normalized spacial score (nSPS) is 28.3. The topological polar surface area (TPSA) is 123 Å². The third-order valence-electron chi connectivity index (χ3n) is 6.25. The van der Waals surface area contributed by atoms with E-state index >= 15 is 0 Å². The number of rotatable bonds is 6. The average Bonchev–Trinajstić information content (AvgIpc) is 3.49. The number of primary amides is 1. The Morgan fingerprint density at radius 2 is 2.07 bits per heavy atom. The predicted molar refractivity (Wildman–Crippen MR) is 109 cm³/mol. The number of carbonyl (C=O) groups is 3. The highest BCUT2D eigenvalue weighted by Crippen LogP contribution is 2.53. The van der Waals surface area contributed by atoms with Crippen LogP contribution in [0.3, 0.4) is 0 Å². The first-order valence-electron chi connectivity index (χ1n) is 9.83. The van der Waals surface area contributed by atoms with Gasteiger partial charge in [-0.1, -0.05) is 0 Å². The number of hydrogen-bond acceptors (Lipinski definition) is 5. The summed E-state index contributed by atoms with van der Waals surface area (Å²) in [5, 5.41) is 7.64. The van der Waals surface area contributed by atoms with Crippen LogP contribution < -0.4 is 11.1 Å². The Labute approximate surface area is 181 Å². The van der Waals surface area contributed by atoms with Crippen molar-refractivity contribution in [2.24, 2.45) is 17.6 Å². The molecule has 158 valence electrons. The van der Waals surface area contributed by atoms with Crippen molar-refractivity contribution in [2.45, 2.75) is 42.2 Å². The van der Waals surface area contributed by atoms with E-state index in [1.54, 1.807) is 11.0 Å². The predicted octanol–water partition coefficient (Wildman–Crippen LogP) is 0.830. The Morgan fingerprint density at radius 3 is 2.77 bits per heavy atom. The zero-order valence-electron chi connectivity index (χ0n) is 15.9. The molecule has 4 atom stereocenters. The van der Waals surface area contributed by atoms with Crippen molar-refractivity contribution >= 4 is 51.8 Å². The Kier molecular flexibility index (Phi) is 4.44. The molecule has 0 radical (unpaired) electrons. The second-order valence-corrected chi connectivity index (χ2v) is 9.83. The largest absolute Gasteiger partial charge is 0.364 e. The molecule has 0 spiro atoms. The molecule has 3 fully saturated rings. The summed E-state index contributed by atoms with van der Waals surface area (Å²) in [6.07, 6.45) is 5.27. The molecule has 2 aliphatic carbocycles. The van der Waals surface area contributed by atoms with Crippen molar-refractivity contribution in [3.05, 3.63) is 24.2 Å². The van der Waals surface area contributed by atoms with Crippen LogP contribution >= 0.6 is 23.2 Å². The number of nitrogens with two attached hydrogens (primary N) is 1. The number of fused-ring (bicyclic) bond motifs is 2. The average molecular weight is 451 g/mol. The fourth-order valence-corrected chi connectivity index (χ4v) is 4.94. The number of nitrogens with one attached hydrogen (secondary N) is 1. The molecule has 30 heavy (non-hydrogen) atoms. The van der Waals surface area contributed by atoms with Gasteiger partial charge in [0.15, 0.2) is 5.69 Å². The molecule has 3 N–H and O–H groups in total. The van der Waals surface area contributed by atoms with E-state index in [2.05, 4.69) is 15.4 Å². The molecule has 0 aromatic carbocycles. The Hall–Kier alpha value is -2.39. The van der Waals surface area contributed by atoms with Gasteiger partial charge in [0.1, 0.15) is 16.9 Å². The molecule has 5 rings (SSSR count). The summed E-state index contributed by atoms with van der Waals surface area (Å²) in [5.74, 6) is -0.688. The molecule has 2 saturated carbocycles. The van der Waals surface area contributed by atoms with Crippen LogP contribution in [0.1, 0.15) is 29.8 Å².